The number of nitrogens with two attached hydrogens (primary N) is 1. The summed E-state index contributed by atoms with van der Waals surface area (Å²) in [5.41, 5.74) is 3.31. The number of aryl methyl sites for hydroxylation is 1. The van der Waals surface area contributed by atoms with E-state index in [0.29, 0.717) is 11.5 Å². The first kappa shape index (κ1) is 14.1. The van der Waals surface area contributed by atoms with Crippen LogP contribution in [0.1, 0.15) is 20.1 Å². The number of nitrogens with one attached hydrogen (secondary N) is 1. The molecule has 0 aromatic carbocycles. The fraction of sp³-hybridized carbons (Fsp3) is 0.545. The van der Waals surface area contributed by atoms with Crippen molar-refractivity contribution in [2.75, 3.05) is 27.3 Å². The van der Waals surface area contributed by atoms with Crippen molar-refractivity contribution in [2.24, 2.45) is 5.84 Å². The molecule has 1 aromatic heterocycles. The Morgan fingerprint density at radius 2 is 2.35 bits per heavy atom. The Bertz CT molecular complexity index is 379. The van der Waals surface area contributed by atoms with Gasteiger partial charge in [-0.1, -0.05) is 0 Å². The van der Waals surface area contributed by atoms with E-state index in [4.69, 9.17) is 10.6 Å². The Morgan fingerprint density at radius 3 is 2.94 bits per heavy atom. The second-order valence-electron chi connectivity index (χ2n) is 3.90. The molecule has 0 saturated carbocycles. The third-order valence-electron chi connectivity index (χ3n) is 2.49. The van der Waals surface area contributed by atoms with Gasteiger partial charge in [0.05, 0.1) is 11.5 Å². The summed E-state index contributed by atoms with van der Waals surface area (Å²) in [5.74, 6) is 4.88. The molecule has 3 N–H and O–H groups in total. The summed E-state index contributed by atoms with van der Waals surface area (Å²) in [7, 11) is 3.71. The smallest absolute Gasteiger partial charge is 0.275 e. The predicted octanol–water partition coefficient (Wildman–Crippen LogP) is 0.738. The normalized spacial score (nSPS) is 10.9. The molecule has 0 unspecified atom stereocenters. The molecule has 0 aliphatic rings. The second kappa shape index (κ2) is 6.70. The first-order valence-electron chi connectivity index (χ1n) is 5.36. The van der Waals surface area contributed by atoms with Gasteiger partial charge in [0.25, 0.3) is 5.91 Å². The van der Waals surface area contributed by atoms with Crippen LogP contribution in [0.2, 0.25) is 0 Å². The number of nitrogen functional groups attached to an aromatic ring is 1. The summed E-state index contributed by atoms with van der Waals surface area (Å²) in [6, 6.07) is 1.89. The molecular formula is C11H19N3O2S. The highest BCUT2D eigenvalue weighted by atomic mass is 32.1. The summed E-state index contributed by atoms with van der Waals surface area (Å²) in [6.45, 7) is 4.39. The lowest BCUT2D eigenvalue weighted by molar-refractivity contribution is 0.0957. The van der Waals surface area contributed by atoms with Crippen LogP contribution in [0.15, 0.2) is 6.07 Å². The lowest BCUT2D eigenvalue weighted by atomic mass is 10.2. The zero-order valence-corrected chi connectivity index (χ0v) is 11.3. The van der Waals surface area contributed by atoms with Gasteiger partial charge in [-0.3, -0.25) is 15.1 Å². The molecule has 17 heavy (non-hydrogen) atoms. The van der Waals surface area contributed by atoms with Crippen LogP contribution in [0.5, 0.6) is 0 Å². The van der Waals surface area contributed by atoms with Crippen molar-refractivity contribution in [3.8, 4) is 0 Å². The molecule has 1 amide bonds. The van der Waals surface area contributed by atoms with Gasteiger partial charge >= 0.3 is 0 Å². The number of ether oxygens (including phenoxy) is 1. The minimum absolute atomic E-state index is 0.233. The summed E-state index contributed by atoms with van der Waals surface area (Å²) in [6.07, 6.45) is 0. The lowest BCUT2D eigenvalue weighted by Gasteiger charge is -2.15. The number of carbonyl (C=O) groups is 1. The Morgan fingerprint density at radius 1 is 1.65 bits per heavy atom. The molecule has 0 spiro atoms. The fourth-order valence-electron chi connectivity index (χ4n) is 1.48. The van der Waals surface area contributed by atoms with Gasteiger partial charge in [-0.25, -0.2) is 5.84 Å². The van der Waals surface area contributed by atoms with E-state index in [1.807, 2.05) is 20.0 Å². The molecule has 6 heteroatoms. The van der Waals surface area contributed by atoms with Gasteiger partial charge in [0.15, 0.2) is 0 Å². The summed E-state index contributed by atoms with van der Waals surface area (Å²) < 4.78 is 5.02. The van der Waals surface area contributed by atoms with E-state index >= 15 is 0 Å². The van der Waals surface area contributed by atoms with Crippen molar-refractivity contribution in [2.45, 2.75) is 13.5 Å². The van der Waals surface area contributed by atoms with Crippen LogP contribution in [0, 0.1) is 6.92 Å². The van der Waals surface area contributed by atoms with Crippen molar-refractivity contribution >= 4 is 17.2 Å². The summed E-state index contributed by atoms with van der Waals surface area (Å²) in [5, 5.41) is 0. The third-order valence-corrected chi connectivity index (χ3v) is 3.58. The highest BCUT2D eigenvalue weighted by Crippen LogP contribution is 2.22. The Balaban J connectivity index is 2.65. The van der Waals surface area contributed by atoms with E-state index < -0.39 is 0 Å². The second-order valence-corrected chi connectivity index (χ2v) is 5.15. The van der Waals surface area contributed by atoms with Gasteiger partial charge in [-0.15, -0.1) is 11.3 Å². The third kappa shape index (κ3) is 4.08. The SMILES string of the molecule is COCCN(C)Cc1cc(C(=O)NN)sc1C. The highest BCUT2D eigenvalue weighted by Gasteiger charge is 2.12. The number of hydrogen-bond donors (Lipinski definition) is 2. The largest absolute Gasteiger partial charge is 0.383 e. The topological polar surface area (TPSA) is 67.6 Å². The number of hydrazine groups is 1. The number of nitrogens with zero attached hydrogens (tertiary/aromatic N) is 1. The van der Waals surface area contributed by atoms with E-state index in [-0.39, 0.29) is 5.91 Å². The Kier molecular flexibility index (Phi) is 5.57. The number of amides is 1. The predicted molar refractivity (Wildman–Crippen MR) is 68.9 cm³/mol. The van der Waals surface area contributed by atoms with Crippen molar-refractivity contribution in [3.05, 3.63) is 21.4 Å². The first-order valence-corrected chi connectivity index (χ1v) is 6.18. The monoisotopic (exact) mass is 257 g/mol. The van der Waals surface area contributed by atoms with Crippen molar-refractivity contribution < 1.29 is 9.53 Å². The molecule has 0 aliphatic heterocycles. The Hall–Kier alpha value is -0.950. The standard InChI is InChI=1S/C11H19N3O2S/c1-8-9(7-14(2)4-5-16-3)6-10(17-8)11(15)13-12/h6H,4-5,7,12H2,1-3H3,(H,13,15). The van der Waals surface area contributed by atoms with Gasteiger partial charge in [-0.05, 0) is 25.6 Å². The van der Waals surface area contributed by atoms with Crippen LogP contribution in [0.25, 0.3) is 0 Å². The maximum absolute atomic E-state index is 11.4. The molecule has 1 aromatic rings. The average Bonchev–Trinajstić information content (AvgIpc) is 2.67. The maximum atomic E-state index is 11.4. The molecule has 0 aliphatic carbocycles. The molecule has 0 saturated heterocycles. The van der Waals surface area contributed by atoms with E-state index in [1.165, 1.54) is 11.3 Å². The lowest BCUT2D eigenvalue weighted by Crippen LogP contribution is -2.29. The summed E-state index contributed by atoms with van der Waals surface area (Å²) in [4.78, 5) is 15.3. The molecule has 5 nitrogen and oxygen atoms in total. The molecule has 1 heterocycles. The number of carbonyl (C=O) groups excluding carboxylic acids is 1. The minimum Gasteiger partial charge on any atom is -0.383 e. The number of likely N-dealkylation sites (N-methyl/N-ethyl adjacent to an activating group) is 1. The van der Waals surface area contributed by atoms with Crippen LogP contribution in [-0.2, 0) is 11.3 Å². The minimum atomic E-state index is -0.233. The number of rotatable bonds is 6. The molecular weight excluding hydrogens is 238 g/mol. The van der Waals surface area contributed by atoms with Crippen LogP contribution in [0.4, 0.5) is 0 Å². The van der Waals surface area contributed by atoms with E-state index in [9.17, 15) is 4.79 Å². The molecule has 0 atom stereocenters. The van der Waals surface area contributed by atoms with Crippen molar-refractivity contribution in [3.63, 3.8) is 0 Å². The highest BCUT2D eigenvalue weighted by molar-refractivity contribution is 7.14. The Labute approximate surface area is 106 Å². The van der Waals surface area contributed by atoms with Crippen LogP contribution >= 0.6 is 11.3 Å². The zero-order chi connectivity index (χ0) is 12.8. The van der Waals surface area contributed by atoms with Gasteiger partial charge in [0.2, 0.25) is 0 Å². The van der Waals surface area contributed by atoms with Crippen LogP contribution in [0.3, 0.4) is 0 Å². The van der Waals surface area contributed by atoms with E-state index in [1.54, 1.807) is 7.11 Å². The molecule has 0 bridgehead atoms. The van der Waals surface area contributed by atoms with Crippen molar-refractivity contribution in [1.82, 2.24) is 10.3 Å². The fourth-order valence-corrected chi connectivity index (χ4v) is 2.41. The molecule has 0 radical (unpaired) electrons. The first-order chi connectivity index (χ1) is 8.08. The van der Waals surface area contributed by atoms with Gasteiger partial charge < -0.3 is 4.74 Å². The van der Waals surface area contributed by atoms with E-state index in [0.717, 1.165) is 23.5 Å². The van der Waals surface area contributed by atoms with E-state index in [2.05, 4.69) is 10.3 Å². The van der Waals surface area contributed by atoms with Gasteiger partial charge in [0.1, 0.15) is 0 Å². The summed E-state index contributed by atoms with van der Waals surface area (Å²) >= 11 is 1.46. The molecule has 0 fully saturated rings. The number of thiophene rings is 1. The zero-order valence-electron chi connectivity index (χ0n) is 10.4. The number of methoxy groups -OCH3 is 1. The molecule has 1 rings (SSSR count). The van der Waals surface area contributed by atoms with Crippen LogP contribution in [-0.4, -0.2) is 38.1 Å². The van der Waals surface area contributed by atoms with Crippen molar-refractivity contribution in [1.29, 1.82) is 0 Å². The average molecular weight is 257 g/mol. The van der Waals surface area contributed by atoms with Gasteiger partial charge in [-0.2, -0.15) is 0 Å². The maximum Gasteiger partial charge on any atom is 0.275 e. The van der Waals surface area contributed by atoms with Gasteiger partial charge in [0, 0.05) is 25.1 Å². The number of hydrogen-bond acceptors (Lipinski definition) is 5. The quantitative estimate of drug-likeness (QED) is 0.448. The van der Waals surface area contributed by atoms with Crippen LogP contribution < -0.4 is 11.3 Å². The molecule has 96 valence electrons.